The van der Waals surface area contributed by atoms with Crippen LogP contribution in [0.25, 0.3) is 0 Å². The molecule has 0 aliphatic carbocycles. The molecule has 1 aromatic rings. The van der Waals surface area contributed by atoms with Crippen molar-refractivity contribution in [2.75, 3.05) is 50.5 Å². The van der Waals surface area contributed by atoms with Crippen LogP contribution in [0, 0.1) is 0 Å². The molecular weight excluding hydrogens is 428 g/mol. The van der Waals surface area contributed by atoms with E-state index >= 15 is 0 Å². The van der Waals surface area contributed by atoms with Crippen LogP contribution in [0.5, 0.6) is 0 Å². The van der Waals surface area contributed by atoms with Gasteiger partial charge < -0.3 is 25.2 Å². The number of carbonyl (C=O) groups is 2. The van der Waals surface area contributed by atoms with Crippen molar-refractivity contribution in [1.29, 1.82) is 0 Å². The molecule has 2 rings (SSSR count). The molecule has 0 radical (unpaired) electrons. The molecule has 1 atom stereocenters. The third-order valence-corrected chi connectivity index (χ3v) is 5.51. The first kappa shape index (κ1) is 24.5. The van der Waals surface area contributed by atoms with E-state index in [1.807, 2.05) is 25.7 Å². The summed E-state index contributed by atoms with van der Waals surface area (Å²) in [5, 5.41) is 6.56. The molecule has 0 aromatic carbocycles. The normalized spacial score (nSPS) is 16.7. The molecule has 3 amide bonds. The van der Waals surface area contributed by atoms with E-state index in [4.69, 9.17) is 16.3 Å². The SMILES string of the molecule is COCCCNC(=O)CSc1nc(Cl)cc(N2CCN(C(=O)NC(C)C)C(C)C2)n1. The summed E-state index contributed by atoms with van der Waals surface area (Å²) in [4.78, 5) is 37.0. The van der Waals surface area contributed by atoms with Crippen molar-refractivity contribution >= 4 is 41.1 Å². The molecule has 11 heteroatoms. The first-order chi connectivity index (χ1) is 14.3. The number of anilines is 1. The molecular formula is C19H31ClN6O3S. The molecule has 1 aromatic heterocycles. The standard InChI is InChI=1S/C19H31ClN6O3S/c1-13(2)22-19(28)26-8-7-25(11-14(26)3)16-10-15(20)23-18(24-16)30-12-17(27)21-6-5-9-29-4/h10,13-14H,5-9,11-12H2,1-4H3,(H,21,27)(H,22,28). The van der Waals surface area contributed by atoms with Crippen LogP contribution in [0.4, 0.5) is 10.6 Å². The van der Waals surface area contributed by atoms with Crippen LogP contribution in [-0.4, -0.2) is 84.5 Å². The Balaban J connectivity index is 1.92. The van der Waals surface area contributed by atoms with Gasteiger partial charge >= 0.3 is 6.03 Å². The molecule has 0 spiro atoms. The Morgan fingerprint density at radius 2 is 2.13 bits per heavy atom. The van der Waals surface area contributed by atoms with Gasteiger partial charge in [0.05, 0.1) is 5.75 Å². The van der Waals surface area contributed by atoms with E-state index in [1.54, 1.807) is 13.2 Å². The largest absolute Gasteiger partial charge is 0.385 e. The average molecular weight is 459 g/mol. The van der Waals surface area contributed by atoms with Crippen LogP contribution in [0.15, 0.2) is 11.2 Å². The lowest BCUT2D eigenvalue weighted by Crippen LogP contribution is -2.57. The molecule has 2 heterocycles. The highest BCUT2D eigenvalue weighted by molar-refractivity contribution is 7.99. The van der Waals surface area contributed by atoms with Gasteiger partial charge in [-0.05, 0) is 27.2 Å². The maximum Gasteiger partial charge on any atom is 0.317 e. The summed E-state index contributed by atoms with van der Waals surface area (Å²) >= 11 is 7.44. The number of nitrogens with one attached hydrogen (secondary N) is 2. The van der Waals surface area contributed by atoms with Crippen LogP contribution in [0.2, 0.25) is 5.15 Å². The van der Waals surface area contributed by atoms with Gasteiger partial charge in [0.2, 0.25) is 5.91 Å². The van der Waals surface area contributed by atoms with Crippen LogP contribution in [0.1, 0.15) is 27.2 Å². The Kier molecular flexibility index (Phi) is 9.93. The Morgan fingerprint density at radius 1 is 1.37 bits per heavy atom. The molecule has 1 unspecified atom stereocenters. The smallest absolute Gasteiger partial charge is 0.317 e. The molecule has 9 nitrogen and oxygen atoms in total. The van der Waals surface area contributed by atoms with Gasteiger partial charge in [0.25, 0.3) is 0 Å². The van der Waals surface area contributed by atoms with Crippen LogP contribution < -0.4 is 15.5 Å². The molecule has 1 aliphatic heterocycles. The Bertz CT molecular complexity index is 724. The second-order valence-corrected chi connectivity index (χ2v) is 8.74. The first-order valence-electron chi connectivity index (χ1n) is 10.0. The number of halogens is 1. The fraction of sp³-hybridized carbons (Fsp3) is 0.684. The van der Waals surface area contributed by atoms with E-state index in [9.17, 15) is 9.59 Å². The molecule has 2 N–H and O–H groups in total. The van der Waals surface area contributed by atoms with Gasteiger partial charge in [0.1, 0.15) is 11.0 Å². The second kappa shape index (κ2) is 12.2. The summed E-state index contributed by atoms with van der Waals surface area (Å²) in [6, 6.07) is 1.79. The number of hydrogen-bond acceptors (Lipinski definition) is 7. The predicted octanol–water partition coefficient (Wildman–Crippen LogP) is 2.00. The number of methoxy groups -OCH3 is 1. The lowest BCUT2D eigenvalue weighted by Gasteiger charge is -2.40. The fourth-order valence-corrected chi connectivity index (χ4v) is 3.95. The quantitative estimate of drug-likeness (QED) is 0.252. The van der Waals surface area contributed by atoms with E-state index in [1.165, 1.54) is 11.8 Å². The maximum absolute atomic E-state index is 12.3. The van der Waals surface area contributed by atoms with Crippen molar-refractivity contribution in [2.45, 2.75) is 44.4 Å². The van der Waals surface area contributed by atoms with E-state index < -0.39 is 0 Å². The summed E-state index contributed by atoms with van der Waals surface area (Å²) in [7, 11) is 1.63. The molecule has 30 heavy (non-hydrogen) atoms. The number of ether oxygens (including phenoxy) is 1. The van der Waals surface area contributed by atoms with Gasteiger partial charge in [-0.3, -0.25) is 4.79 Å². The molecule has 0 bridgehead atoms. The number of hydrogen-bond donors (Lipinski definition) is 2. The third kappa shape index (κ3) is 7.81. The monoisotopic (exact) mass is 458 g/mol. The molecule has 1 saturated heterocycles. The number of thioether (sulfide) groups is 1. The minimum atomic E-state index is -0.0837. The van der Waals surface area contributed by atoms with Crippen molar-refractivity contribution < 1.29 is 14.3 Å². The van der Waals surface area contributed by atoms with Gasteiger partial charge in [0, 0.05) is 58.0 Å². The molecule has 168 valence electrons. The number of nitrogens with zero attached hydrogens (tertiary/aromatic N) is 4. The van der Waals surface area contributed by atoms with Crippen LogP contribution in [0.3, 0.4) is 0 Å². The Morgan fingerprint density at radius 3 is 2.80 bits per heavy atom. The maximum atomic E-state index is 12.3. The van der Waals surface area contributed by atoms with E-state index in [0.717, 1.165) is 6.42 Å². The summed E-state index contributed by atoms with van der Waals surface area (Å²) in [6.45, 7) is 8.96. The van der Waals surface area contributed by atoms with Crippen LogP contribution >= 0.6 is 23.4 Å². The molecule has 1 aliphatic rings. The summed E-state index contributed by atoms with van der Waals surface area (Å²) in [5.74, 6) is 0.833. The van der Waals surface area contributed by atoms with Crippen molar-refractivity contribution in [3.05, 3.63) is 11.2 Å². The Hall–Kier alpha value is -1.78. The average Bonchev–Trinajstić information content (AvgIpc) is 2.68. The summed E-state index contributed by atoms with van der Waals surface area (Å²) in [6.07, 6.45) is 0.768. The summed E-state index contributed by atoms with van der Waals surface area (Å²) < 4.78 is 4.96. The van der Waals surface area contributed by atoms with Crippen LogP contribution in [-0.2, 0) is 9.53 Å². The number of rotatable bonds is 9. The molecule has 0 saturated carbocycles. The zero-order valence-corrected chi connectivity index (χ0v) is 19.6. The fourth-order valence-electron chi connectivity index (χ4n) is 3.03. The topological polar surface area (TPSA) is 99.7 Å². The highest BCUT2D eigenvalue weighted by atomic mass is 35.5. The van der Waals surface area contributed by atoms with E-state index in [0.29, 0.717) is 48.9 Å². The van der Waals surface area contributed by atoms with Gasteiger partial charge in [-0.2, -0.15) is 0 Å². The van der Waals surface area contributed by atoms with Gasteiger partial charge in [0.15, 0.2) is 5.16 Å². The van der Waals surface area contributed by atoms with Gasteiger partial charge in [-0.1, -0.05) is 23.4 Å². The lowest BCUT2D eigenvalue weighted by molar-refractivity contribution is -0.118. The lowest BCUT2D eigenvalue weighted by atomic mass is 10.2. The second-order valence-electron chi connectivity index (χ2n) is 7.41. The Labute approximate surface area is 187 Å². The van der Waals surface area contributed by atoms with Crippen molar-refractivity contribution in [3.63, 3.8) is 0 Å². The predicted molar refractivity (Wildman–Crippen MR) is 119 cm³/mol. The van der Waals surface area contributed by atoms with Crippen molar-refractivity contribution in [2.24, 2.45) is 0 Å². The molecule has 1 fully saturated rings. The zero-order chi connectivity index (χ0) is 22.1. The van der Waals surface area contributed by atoms with Crippen molar-refractivity contribution in [1.82, 2.24) is 25.5 Å². The van der Waals surface area contributed by atoms with Gasteiger partial charge in [-0.25, -0.2) is 14.8 Å². The van der Waals surface area contributed by atoms with E-state index in [-0.39, 0.29) is 29.8 Å². The minimum Gasteiger partial charge on any atom is -0.385 e. The van der Waals surface area contributed by atoms with E-state index in [2.05, 4.69) is 25.5 Å². The first-order valence-corrected chi connectivity index (χ1v) is 11.4. The number of carbonyl (C=O) groups excluding carboxylic acids is 2. The highest BCUT2D eigenvalue weighted by Crippen LogP contribution is 2.24. The summed E-state index contributed by atoms with van der Waals surface area (Å²) in [5.41, 5.74) is 0. The minimum absolute atomic E-state index is 0.0280. The number of piperazine rings is 1. The number of aromatic nitrogens is 2. The number of urea groups is 1. The zero-order valence-electron chi connectivity index (χ0n) is 18.0. The number of amides is 3. The third-order valence-electron chi connectivity index (χ3n) is 4.47. The van der Waals surface area contributed by atoms with Gasteiger partial charge in [-0.15, -0.1) is 0 Å². The van der Waals surface area contributed by atoms with Crippen molar-refractivity contribution in [3.8, 4) is 0 Å². The highest BCUT2D eigenvalue weighted by Gasteiger charge is 2.28.